The van der Waals surface area contributed by atoms with Crippen molar-refractivity contribution in [3.63, 3.8) is 0 Å². The lowest BCUT2D eigenvalue weighted by atomic mass is 10.3. The van der Waals surface area contributed by atoms with E-state index in [9.17, 15) is 0 Å². The maximum absolute atomic E-state index is 4.51. The summed E-state index contributed by atoms with van der Waals surface area (Å²) < 4.78 is 3.80. The van der Waals surface area contributed by atoms with Crippen molar-refractivity contribution < 1.29 is 0 Å². The van der Waals surface area contributed by atoms with Crippen molar-refractivity contribution in [2.24, 2.45) is 7.05 Å². The lowest BCUT2D eigenvalue weighted by Gasteiger charge is -2.05. The van der Waals surface area contributed by atoms with Gasteiger partial charge in [0.15, 0.2) is 11.5 Å². The second-order valence-corrected chi connectivity index (χ2v) is 6.04. The van der Waals surface area contributed by atoms with Gasteiger partial charge in [0.05, 0.1) is 23.1 Å². The Labute approximate surface area is 144 Å². The summed E-state index contributed by atoms with van der Waals surface area (Å²) in [6.45, 7) is 6.08. The van der Waals surface area contributed by atoms with Crippen molar-refractivity contribution in [2.45, 2.75) is 20.8 Å². The van der Waals surface area contributed by atoms with E-state index in [1.807, 2.05) is 50.1 Å². The minimum Gasteiger partial charge on any atom is -0.329 e. The van der Waals surface area contributed by atoms with Gasteiger partial charge < -0.3 is 5.32 Å². The molecule has 0 saturated carbocycles. The molecule has 4 aromatic rings. The van der Waals surface area contributed by atoms with Gasteiger partial charge in [0.1, 0.15) is 0 Å². The van der Waals surface area contributed by atoms with Crippen molar-refractivity contribution in [1.82, 2.24) is 24.1 Å². The molecule has 124 valence electrons. The van der Waals surface area contributed by atoms with Crippen molar-refractivity contribution in [1.29, 1.82) is 0 Å². The quantitative estimate of drug-likeness (QED) is 0.605. The van der Waals surface area contributed by atoms with Crippen LogP contribution in [0.15, 0.2) is 42.4 Å². The number of anilines is 2. The van der Waals surface area contributed by atoms with Crippen LogP contribution in [0.1, 0.15) is 19.4 Å². The Morgan fingerprint density at radius 2 is 2.00 bits per heavy atom. The second kappa shape index (κ2) is 6.84. The van der Waals surface area contributed by atoms with E-state index < -0.39 is 0 Å². The Kier molecular flexibility index (Phi) is 4.61. The maximum atomic E-state index is 4.51. The van der Waals surface area contributed by atoms with Gasteiger partial charge in [-0.25, -0.2) is 9.97 Å². The highest BCUT2D eigenvalue weighted by Gasteiger charge is 2.12. The molecule has 7 heteroatoms. The average Bonchev–Trinajstić information content (AvgIpc) is 3.30. The van der Waals surface area contributed by atoms with Crippen LogP contribution in [0.2, 0.25) is 0 Å². The molecule has 4 rings (SSSR count). The summed E-state index contributed by atoms with van der Waals surface area (Å²) in [5.74, 6) is 0.750. The highest BCUT2D eigenvalue weighted by molar-refractivity contribution is 7.14. The van der Waals surface area contributed by atoms with Gasteiger partial charge in [0, 0.05) is 31.2 Å². The third-order valence-electron chi connectivity index (χ3n) is 3.40. The summed E-state index contributed by atoms with van der Waals surface area (Å²) >= 11 is 1.66. The summed E-state index contributed by atoms with van der Waals surface area (Å²) in [4.78, 5) is 8.93. The molecule has 0 spiro atoms. The fourth-order valence-electron chi connectivity index (χ4n) is 2.39. The lowest BCUT2D eigenvalue weighted by molar-refractivity contribution is 0.768. The smallest absolute Gasteiger partial charge is 0.180 e. The van der Waals surface area contributed by atoms with E-state index in [1.165, 1.54) is 5.56 Å². The van der Waals surface area contributed by atoms with Crippen LogP contribution in [0, 0.1) is 6.92 Å². The zero-order valence-corrected chi connectivity index (χ0v) is 15.0. The van der Waals surface area contributed by atoms with E-state index >= 15 is 0 Å². The molecular weight excluding hydrogens is 320 g/mol. The molecule has 0 atom stereocenters. The molecule has 4 heterocycles. The summed E-state index contributed by atoms with van der Waals surface area (Å²) in [5, 5.41) is 10.7. The van der Waals surface area contributed by atoms with Crippen LogP contribution < -0.4 is 5.32 Å². The third-order valence-corrected chi connectivity index (χ3v) is 4.36. The summed E-state index contributed by atoms with van der Waals surface area (Å²) in [6, 6.07) is 2.10. The number of fused-ring (bicyclic) bond motifs is 1. The van der Waals surface area contributed by atoms with Crippen LogP contribution in [-0.4, -0.2) is 24.1 Å². The first-order valence-corrected chi connectivity index (χ1v) is 8.72. The van der Waals surface area contributed by atoms with Crippen molar-refractivity contribution in [3.05, 3.63) is 48.0 Å². The minimum atomic E-state index is 0.750. The fourth-order valence-corrected chi connectivity index (χ4v) is 3.18. The predicted octanol–water partition coefficient (Wildman–Crippen LogP) is 4.27. The summed E-state index contributed by atoms with van der Waals surface area (Å²) in [5.41, 5.74) is 4.06. The van der Waals surface area contributed by atoms with Crippen molar-refractivity contribution in [2.75, 3.05) is 5.32 Å². The van der Waals surface area contributed by atoms with E-state index in [-0.39, 0.29) is 0 Å². The molecule has 1 N–H and O–H groups in total. The van der Waals surface area contributed by atoms with Crippen LogP contribution in [0.25, 0.3) is 16.9 Å². The number of aromatic nitrogens is 5. The number of thiophene rings is 1. The average molecular weight is 340 g/mol. The van der Waals surface area contributed by atoms with E-state index in [0.29, 0.717) is 0 Å². The largest absolute Gasteiger partial charge is 0.329 e. The minimum absolute atomic E-state index is 0.750. The maximum Gasteiger partial charge on any atom is 0.180 e. The van der Waals surface area contributed by atoms with Crippen LogP contribution in [0.3, 0.4) is 0 Å². The molecule has 6 nitrogen and oxygen atoms in total. The highest BCUT2D eigenvalue weighted by Crippen LogP contribution is 2.27. The number of imidazole rings is 1. The number of nitrogens with zero attached hydrogens (tertiary/aromatic N) is 5. The number of hydrogen-bond acceptors (Lipinski definition) is 5. The highest BCUT2D eigenvalue weighted by atomic mass is 32.1. The zero-order valence-electron chi connectivity index (χ0n) is 14.2. The SMILES string of the molecule is CC.Cc1csc(Nc2nccn3c(-c4cnn(C)c4)cnc23)c1. The van der Waals surface area contributed by atoms with Gasteiger partial charge in [-0.1, -0.05) is 13.8 Å². The fraction of sp³-hybridized carbons (Fsp3) is 0.235. The molecule has 0 saturated heterocycles. The van der Waals surface area contributed by atoms with E-state index in [4.69, 9.17) is 0 Å². The molecule has 0 aliphatic rings. The molecule has 0 unspecified atom stereocenters. The normalized spacial score (nSPS) is 10.5. The first-order chi connectivity index (χ1) is 11.7. The van der Waals surface area contributed by atoms with Crippen LogP contribution in [0.5, 0.6) is 0 Å². The number of rotatable bonds is 3. The molecule has 0 aromatic carbocycles. The number of hydrogen-bond donors (Lipinski definition) is 1. The van der Waals surface area contributed by atoms with Crippen LogP contribution in [-0.2, 0) is 7.05 Å². The summed E-state index contributed by atoms with van der Waals surface area (Å²) in [6.07, 6.45) is 9.34. The van der Waals surface area contributed by atoms with E-state index in [2.05, 4.69) is 38.8 Å². The van der Waals surface area contributed by atoms with E-state index in [1.54, 1.807) is 22.2 Å². The second-order valence-electron chi connectivity index (χ2n) is 5.13. The molecule has 0 amide bonds. The first kappa shape index (κ1) is 16.2. The Bertz CT molecular complexity index is 949. The Balaban J connectivity index is 0.000000815. The first-order valence-electron chi connectivity index (χ1n) is 7.84. The van der Waals surface area contributed by atoms with Gasteiger partial charge in [-0.05, 0) is 23.9 Å². The molecule has 0 radical (unpaired) electrons. The van der Waals surface area contributed by atoms with Crippen LogP contribution >= 0.6 is 11.3 Å². The zero-order chi connectivity index (χ0) is 17.1. The predicted molar refractivity (Wildman–Crippen MR) is 98.9 cm³/mol. The molecule has 0 fully saturated rings. The van der Waals surface area contributed by atoms with Gasteiger partial charge in [-0.2, -0.15) is 5.10 Å². The van der Waals surface area contributed by atoms with Gasteiger partial charge in [0.25, 0.3) is 0 Å². The van der Waals surface area contributed by atoms with Crippen molar-refractivity contribution >= 4 is 27.8 Å². The van der Waals surface area contributed by atoms with E-state index in [0.717, 1.165) is 27.7 Å². The Morgan fingerprint density at radius 3 is 2.67 bits per heavy atom. The third kappa shape index (κ3) is 3.03. The number of nitrogens with one attached hydrogen (secondary N) is 1. The lowest BCUT2D eigenvalue weighted by Crippen LogP contribution is -1.97. The monoisotopic (exact) mass is 340 g/mol. The molecule has 24 heavy (non-hydrogen) atoms. The summed E-state index contributed by atoms with van der Waals surface area (Å²) in [7, 11) is 1.90. The Hall–Kier alpha value is -2.67. The molecule has 4 aromatic heterocycles. The van der Waals surface area contributed by atoms with Gasteiger partial charge in [-0.3, -0.25) is 9.08 Å². The van der Waals surface area contributed by atoms with Gasteiger partial charge in [-0.15, -0.1) is 11.3 Å². The Morgan fingerprint density at radius 1 is 1.17 bits per heavy atom. The molecule has 0 aliphatic carbocycles. The molecule has 0 bridgehead atoms. The van der Waals surface area contributed by atoms with Gasteiger partial charge in [0.2, 0.25) is 0 Å². The topological polar surface area (TPSA) is 60.0 Å². The van der Waals surface area contributed by atoms with Gasteiger partial charge >= 0.3 is 0 Å². The van der Waals surface area contributed by atoms with Crippen molar-refractivity contribution in [3.8, 4) is 11.3 Å². The number of aryl methyl sites for hydroxylation is 2. The standard InChI is InChI=1S/C15H14N6S.C2H6/c1-10-5-13(22-9-10)19-14-15-17-7-12(21(15)4-3-16-14)11-6-18-20(2)8-11;1-2/h3-9H,1-2H3,(H,16,19);1-2H3. The van der Waals surface area contributed by atoms with Crippen LogP contribution in [0.4, 0.5) is 10.8 Å². The molecular formula is C17H20N6S. The molecule has 0 aliphatic heterocycles.